The lowest BCUT2D eigenvalue weighted by Gasteiger charge is -2.33. The van der Waals surface area contributed by atoms with Gasteiger partial charge in [-0.05, 0) is 42.9 Å². The molecule has 1 aromatic rings. The first-order valence-electron chi connectivity index (χ1n) is 14.4. The fraction of sp³-hybridized carbons (Fsp3) is 0.714. The van der Waals surface area contributed by atoms with Crippen molar-refractivity contribution in [3.63, 3.8) is 0 Å². The molecular formula is C28H41Cl2N3O5S. The lowest BCUT2D eigenvalue weighted by Crippen LogP contribution is -2.53. The van der Waals surface area contributed by atoms with Crippen molar-refractivity contribution in [2.45, 2.75) is 94.1 Å². The molecule has 2 atom stereocenters. The first kappa shape index (κ1) is 30.6. The molecule has 0 aromatic heterocycles. The SMILES string of the molecule is O=C(CCC1CCCC1)N[C@@H](CC1CCCCC1)C(=O)NCC1CN(S(=O)(=O)c2ccc(Cl)cc2Cl)CCO1. The minimum absolute atomic E-state index is 0.00823. The molecule has 0 radical (unpaired) electrons. The Balaban J connectivity index is 1.33. The minimum Gasteiger partial charge on any atom is -0.374 e. The molecular weight excluding hydrogens is 561 g/mol. The standard InChI is InChI=1S/C28H41Cl2N3O5S/c29-22-11-12-26(24(30)17-22)39(36,37)33-14-15-38-23(19-33)18-31-28(35)25(16-21-8-2-1-3-9-21)32-27(34)13-10-20-6-4-5-7-20/h11-12,17,20-21,23,25H,1-10,13-16,18-19H2,(H,31,35)(H,32,34)/t23?,25-/m0/s1. The molecule has 1 heterocycles. The van der Waals surface area contributed by atoms with E-state index in [1.165, 1.54) is 54.6 Å². The maximum Gasteiger partial charge on any atom is 0.244 e. The van der Waals surface area contributed by atoms with E-state index in [4.69, 9.17) is 27.9 Å². The topological polar surface area (TPSA) is 105 Å². The van der Waals surface area contributed by atoms with Crippen LogP contribution in [0.5, 0.6) is 0 Å². The number of amides is 2. The van der Waals surface area contributed by atoms with Crippen LogP contribution in [0.4, 0.5) is 0 Å². The molecule has 218 valence electrons. The molecule has 1 aliphatic heterocycles. The number of hydrogen-bond donors (Lipinski definition) is 2. The van der Waals surface area contributed by atoms with Gasteiger partial charge in [0.25, 0.3) is 0 Å². The average molecular weight is 603 g/mol. The summed E-state index contributed by atoms with van der Waals surface area (Å²) in [7, 11) is -3.85. The number of ether oxygens (including phenoxy) is 1. The van der Waals surface area contributed by atoms with E-state index < -0.39 is 22.2 Å². The van der Waals surface area contributed by atoms with Crippen molar-refractivity contribution in [1.82, 2.24) is 14.9 Å². The Morgan fingerprint density at radius 1 is 1.03 bits per heavy atom. The summed E-state index contributed by atoms with van der Waals surface area (Å²) in [5.74, 6) is 0.732. The van der Waals surface area contributed by atoms with Gasteiger partial charge in [-0.1, -0.05) is 81.0 Å². The first-order chi connectivity index (χ1) is 18.7. The molecule has 1 saturated heterocycles. The van der Waals surface area contributed by atoms with Crippen LogP contribution in [0.15, 0.2) is 23.1 Å². The van der Waals surface area contributed by atoms with Crippen LogP contribution < -0.4 is 10.6 Å². The molecule has 8 nitrogen and oxygen atoms in total. The fourth-order valence-electron chi connectivity index (χ4n) is 6.08. The van der Waals surface area contributed by atoms with E-state index in [2.05, 4.69) is 10.6 Å². The zero-order chi connectivity index (χ0) is 27.8. The van der Waals surface area contributed by atoms with Crippen molar-refractivity contribution in [1.29, 1.82) is 0 Å². The van der Waals surface area contributed by atoms with E-state index in [1.807, 2.05) is 0 Å². The maximum atomic E-state index is 13.3. The summed E-state index contributed by atoms with van der Waals surface area (Å²) in [6, 6.07) is 3.70. The first-order valence-corrected chi connectivity index (χ1v) is 16.6. The van der Waals surface area contributed by atoms with Gasteiger partial charge in [-0.15, -0.1) is 0 Å². The number of sulfonamides is 1. The highest BCUT2D eigenvalue weighted by atomic mass is 35.5. The Labute approximate surface area is 242 Å². The largest absolute Gasteiger partial charge is 0.374 e. The van der Waals surface area contributed by atoms with E-state index >= 15 is 0 Å². The van der Waals surface area contributed by atoms with Crippen LogP contribution in [0.1, 0.15) is 77.0 Å². The minimum atomic E-state index is -3.85. The van der Waals surface area contributed by atoms with E-state index in [0.717, 1.165) is 32.1 Å². The normalized spacial score (nSPS) is 22.5. The lowest BCUT2D eigenvalue weighted by atomic mass is 9.84. The monoisotopic (exact) mass is 601 g/mol. The molecule has 3 aliphatic rings. The second kappa shape index (κ2) is 14.5. The highest BCUT2D eigenvalue weighted by Crippen LogP contribution is 2.30. The number of nitrogens with one attached hydrogen (secondary N) is 2. The van der Waals surface area contributed by atoms with Crippen molar-refractivity contribution < 1.29 is 22.7 Å². The second-order valence-electron chi connectivity index (χ2n) is 11.2. The van der Waals surface area contributed by atoms with Gasteiger partial charge in [0, 0.05) is 31.1 Å². The fourth-order valence-corrected chi connectivity index (χ4v) is 8.29. The summed E-state index contributed by atoms with van der Waals surface area (Å²) >= 11 is 12.1. The van der Waals surface area contributed by atoms with Crippen LogP contribution in [-0.2, 0) is 24.3 Å². The third-order valence-electron chi connectivity index (χ3n) is 8.32. The van der Waals surface area contributed by atoms with Crippen molar-refractivity contribution in [3.05, 3.63) is 28.2 Å². The Kier molecular flexibility index (Phi) is 11.4. The molecule has 2 aliphatic carbocycles. The van der Waals surface area contributed by atoms with Gasteiger partial charge in [0.05, 0.1) is 17.7 Å². The summed E-state index contributed by atoms with van der Waals surface area (Å²) in [5.41, 5.74) is 0. The van der Waals surface area contributed by atoms with Gasteiger partial charge < -0.3 is 15.4 Å². The van der Waals surface area contributed by atoms with Gasteiger partial charge >= 0.3 is 0 Å². The maximum absolute atomic E-state index is 13.3. The molecule has 2 amide bonds. The summed E-state index contributed by atoms with van der Waals surface area (Å²) in [6.45, 7) is 0.627. The highest BCUT2D eigenvalue weighted by Gasteiger charge is 2.33. The quantitative estimate of drug-likeness (QED) is 0.374. The molecule has 0 bridgehead atoms. The third-order valence-corrected chi connectivity index (χ3v) is 10.9. The summed E-state index contributed by atoms with van der Waals surface area (Å²) in [6.07, 6.45) is 12.0. The number of hydrogen-bond acceptors (Lipinski definition) is 5. The van der Waals surface area contributed by atoms with Gasteiger partial charge in [0.2, 0.25) is 21.8 Å². The predicted molar refractivity (Wildman–Crippen MR) is 152 cm³/mol. The number of carbonyl (C=O) groups excluding carboxylic acids is 2. The van der Waals surface area contributed by atoms with Crippen molar-refractivity contribution in [3.8, 4) is 0 Å². The number of benzene rings is 1. The van der Waals surface area contributed by atoms with Crippen LogP contribution in [0.3, 0.4) is 0 Å². The second-order valence-corrected chi connectivity index (χ2v) is 14.0. The molecule has 1 unspecified atom stereocenters. The lowest BCUT2D eigenvalue weighted by molar-refractivity contribution is -0.130. The number of carbonyl (C=O) groups is 2. The molecule has 3 fully saturated rings. The van der Waals surface area contributed by atoms with Gasteiger partial charge in [0.1, 0.15) is 10.9 Å². The Morgan fingerprint density at radius 2 is 1.72 bits per heavy atom. The Hall–Kier alpha value is -1.39. The zero-order valence-electron chi connectivity index (χ0n) is 22.5. The van der Waals surface area contributed by atoms with Gasteiger partial charge in [-0.2, -0.15) is 4.31 Å². The predicted octanol–water partition coefficient (Wildman–Crippen LogP) is 4.92. The van der Waals surface area contributed by atoms with Crippen LogP contribution in [0, 0.1) is 11.8 Å². The van der Waals surface area contributed by atoms with Crippen molar-refractivity contribution in [2.75, 3.05) is 26.2 Å². The van der Waals surface area contributed by atoms with Crippen LogP contribution >= 0.6 is 23.2 Å². The number of halogens is 2. The van der Waals surface area contributed by atoms with Crippen molar-refractivity contribution in [2.24, 2.45) is 11.8 Å². The molecule has 39 heavy (non-hydrogen) atoms. The molecule has 11 heteroatoms. The Morgan fingerprint density at radius 3 is 2.44 bits per heavy atom. The van der Waals surface area contributed by atoms with E-state index in [1.54, 1.807) is 0 Å². The molecule has 1 aromatic carbocycles. The van der Waals surface area contributed by atoms with Crippen molar-refractivity contribution >= 4 is 45.0 Å². The molecule has 2 saturated carbocycles. The van der Waals surface area contributed by atoms with Crippen LogP contribution in [0.2, 0.25) is 10.0 Å². The summed E-state index contributed by atoms with van der Waals surface area (Å²) in [5, 5.41) is 6.37. The molecule has 0 spiro atoms. The number of morpholine rings is 1. The van der Waals surface area contributed by atoms with Gasteiger partial charge in [-0.3, -0.25) is 9.59 Å². The zero-order valence-corrected chi connectivity index (χ0v) is 24.8. The number of rotatable bonds is 11. The van der Waals surface area contributed by atoms with E-state index in [0.29, 0.717) is 29.7 Å². The smallest absolute Gasteiger partial charge is 0.244 e. The third kappa shape index (κ3) is 8.80. The molecule has 4 rings (SSSR count). The number of nitrogens with zero attached hydrogens (tertiary/aromatic N) is 1. The van der Waals surface area contributed by atoms with Gasteiger partial charge in [-0.25, -0.2) is 8.42 Å². The summed E-state index contributed by atoms with van der Waals surface area (Å²) < 4.78 is 33.5. The van der Waals surface area contributed by atoms with E-state index in [9.17, 15) is 18.0 Å². The Bertz CT molecular complexity index is 1090. The molecule has 2 N–H and O–H groups in total. The average Bonchev–Trinajstić information content (AvgIpc) is 3.45. The van der Waals surface area contributed by atoms with Crippen LogP contribution in [0.25, 0.3) is 0 Å². The van der Waals surface area contributed by atoms with Crippen LogP contribution in [-0.4, -0.2) is 62.9 Å². The van der Waals surface area contributed by atoms with Gasteiger partial charge in [0.15, 0.2) is 0 Å². The highest BCUT2D eigenvalue weighted by molar-refractivity contribution is 7.89. The summed E-state index contributed by atoms with van der Waals surface area (Å²) in [4.78, 5) is 26.1. The van der Waals surface area contributed by atoms with E-state index in [-0.39, 0.29) is 48.0 Å².